The summed E-state index contributed by atoms with van der Waals surface area (Å²) in [6.07, 6.45) is 1.54. The molecule has 1 aliphatic heterocycles. The van der Waals surface area contributed by atoms with Crippen LogP contribution in [0.3, 0.4) is 0 Å². The average Bonchev–Trinajstić information content (AvgIpc) is 3.06. The first-order chi connectivity index (χ1) is 16.2. The lowest BCUT2D eigenvalue weighted by atomic mass is 10.1. The summed E-state index contributed by atoms with van der Waals surface area (Å²) < 4.78 is 8.74. The molecule has 8 heteroatoms. The zero-order valence-corrected chi connectivity index (χ0v) is 21.5. The number of carbonyl (C=O) groups is 3. The van der Waals surface area contributed by atoms with Gasteiger partial charge >= 0.3 is 6.03 Å². The minimum absolute atomic E-state index is 0.111. The molecule has 34 heavy (non-hydrogen) atoms. The van der Waals surface area contributed by atoms with Crippen molar-refractivity contribution in [3.05, 3.63) is 80.2 Å². The predicted molar refractivity (Wildman–Crippen MR) is 139 cm³/mol. The van der Waals surface area contributed by atoms with Gasteiger partial charge in [0.2, 0.25) is 0 Å². The van der Waals surface area contributed by atoms with Gasteiger partial charge in [0.1, 0.15) is 11.3 Å². The number of imide groups is 2. The Morgan fingerprint density at radius 1 is 1.00 bits per heavy atom. The van der Waals surface area contributed by atoms with E-state index >= 15 is 0 Å². The lowest BCUT2D eigenvalue weighted by molar-refractivity contribution is -0.122. The zero-order valence-electron chi connectivity index (χ0n) is 19.3. The summed E-state index contributed by atoms with van der Waals surface area (Å²) in [5.74, 6) is -0.876. The number of ether oxygens (including phenoxy) is 1. The van der Waals surface area contributed by atoms with Gasteiger partial charge in [-0.05, 0) is 104 Å². The maximum absolute atomic E-state index is 13.3. The molecular formula is C26H24IN3O4. The van der Waals surface area contributed by atoms with Crippen LogP contribution in [0.4, 0.5) is 10.5 Å². The number of aryl methyl sites for hydroxylation is 2. The van der Waals surface area contributed by atoms with Gasteiger partial charge < -0.3 is 9.30 Å². The van der Waals surface area contributed by atoms with Gasteiger partial charge in [0.15, 0.2) is 0 Å². The first-order valence-electron chi connectivity index (χ1n) is 10.8. The van der Waals surface area contributed by atoms with Crippen LogP contribution < -0.4 is 15.0 Å². The number of aromatic nitrogens is 1. The molecule has 1 N–H and O–H groups in total. The van der Waals surface area contributed by atoms with Crippen LogP contribution in [0.1, 0.15) is 29.4 Å². The summed E-state index contributed by atoms with van der Waals surface area (Å²) in [4.78, 5) is 39.5. The number of urea groups is 1. The molecule has 1 aliphatic rings. The van der Waals surface area contributed by atoms with Crippen LogP contribution in [0.25, 0.3) is 11.8 Å². The molecule has 2 aromatic carbocycles. The fraction of sp³-hybridized carbons (Fsp3) is 0.192. The molecule has 4 rings (SSSR count). The van der Waals surface area contributed by atoms with E-state index in [4.69, 9.17) is 4.74 Å². The number of carbonyl (C=O) groups excluding carboxylic acids is 3. The van der Waals surface area contributed by atoms with Gasteiger partial charge in [-0.1, -0.05) is 6.07 Å². The van der Waals surface area contributed by atoms with E-state index in [-0.39, 0.29) is 5.57 Å². The highest BCUT2D eigenvalue weighted by atomic mass is 127. The highest BCUT2D eigenvalue weighted by Gasteiger charge is 2.37. The van der Waals surface area contributed by atoms with Gasteiger partial charge in [-0.25, -0.2) is 9.69 Å². The summed E-state index contributed by atoms with van der Waals surface area (Å²) in [7, 11) is 0. The first-order valence-corrected chi connectivity index (χ1v) is 11.9. The van der Waals surface area contributed by atoms with E-state index in [0.717, 1.165) is 33.1 Å². The summed E-state index contributed by atoms with van der Waals surface area (Å²) >= 11 is 2.30. The number of rotatable bonds is 5. The van der Waals surface area contributed by atoms with Gasteiger partial charge in [-0.3, -0.25) is 14.9 Å². The minimum atomic E-state index is -0.791. The first kappa shape index (κ1) is 23.7. The van der Waals surface area contributed by atoms with Gasteiger partial charge in [-0.2, -0.15) is 0 Å². The summed E-state index contributed by atoms with van der Waals surface area (Å²) in [6.45, 7) is 8.26. The van der Waals surface area contributed by atoms with Crippen LogP contribution >= 0.6 is 22.6 Å². The molecule has 174 valence electrons. The molecule has 7 nitrogen and oxygen atoms in total. The van der Waals surface area contributed by atoms with Crippen LogP contribution in [0, 0.1) is 24.3 Å². The number of nitrogens with one attached hydrogen (secondary N) is 1. The number of hydrogen-bond acceptors (Lipinski definition) is 4. The third-order valence-electron chi connectivity index (χ3n) is 5.66. The molecule has 0 atom stereocenters. The number of halogens is 1. The zero-order chi connectivity index (χ0) is 24.6. The van der Waals surface area contributed by atoms with E-state index in [1.807, 2.05) is 32.9 Å². The third kappa shape index (κ3) is 4.37. The quantitative estimate of drug-likeness (QED) is 0.264. The Kier molecular flexibility index (Phi) is 6.60. The lowest BCUT2D eigenvalue weighted by Gasteiger charge is -2.26. The maximum Gasteiger partial charge on any atom is 0.335 e. The van der Waals surface area contributed by atoms with E-state index in [1.165, 1.54) is 3.57 Å². The molecule has 0 aliphatic carbocycles. The standard InChI is InChI=1S/C26H24IN3O4/c1-5-34-21-8-6-7-19(14-21)30-25(32)22(24(31)28-26(30)33)13-18-12-16(3)29(17(18)4)20-9-10-23(27)15(2)11-20/h6-14H,5H2,1-4H3,(H,28,31,33)/b22-13+. The molecule has 4 amide bonds. The van der Waals surface area contributed by atoms with Crippen LogP contribution in [0.5, 0.6) is 5.75 Å². The van der Waals surface area contributed by atoms with Crippen molar-refractivity contribution in [3.63, 3.8) is 0 Å². The monoisotopic (exact) mass is 569 g/mol. The maximum atomic E-state index is 13.3. The van der Waals surface area contributed by atoms with Crippen molar-refractivity contribution in [2.24, 2.45) is 0 Å². The molecule has 0 spiro atoms. The second-order valence-corrected chi connectivity index (χ2v) is 9.15. The van der Waals surface area contributed by atoms with Crippen molar-refractivity contribution in [2.75, 3.05) is 11.5 Å². The van der Waals surface area contributed by atoms with Gasteiger partial charge in [0.25, 0.3) is 11.8 Å². The van der Waals surface area contributed by atoms with Crippen molar-refractivity contribution in [3.8, 4) is 11.4 Å². The minimum Gasteiger partial charge on any atom is -0.494 e. The molecule has 0 bridgehead atoms. The smallest absolute Gasteiger partial charge is 0.335 e. The molecule has 0 unspecified atom stereocenters. The fourth-order valence-corrected chi connectivity index (χ4v) is 4.36. The second-order valence-electron chi connectivity index (χ2n) is 7.98. The van der Waals surface area contributed by atoms with E-state index < -0.39 is 17.8 Å². The highest BCUT2D eigenvalue weighted by molar-refractivity contribution is 14.1. The average molecular weight is 569 g/mol. The molecule has 1 saturated heterocycles. The van der Waals surface area contributed by atoms with Crippen molar-refractivity contribution in [1.29, 1.82) is 0 Å². The number of barbiturate groups is 1. The molecule has 0 radical (unpaired) electrons. The molecule has 2 heterocycles. The molecule has 3 aromatic rings. The Bertz CT molecular complexity index is 1360. The Hall–Kier alpha value is -3.40. The number of anilines is 1. The number of nitrogens with zero attached hydrogens (tertiary/aromatic N) is 2. The van der Waals surface area contributed by atoms with Crippen molar-refractivity contribution in [1.82, 2.24) is 9.88 Å². The van der Waals surface area contributed by atoms with Crippen LogP contribution in [-0.2, 0) is 9.59 Å². The summed E-state index contributed by atoms with van der Waals surface area (Å²) in [6, 6.07) is 14.0. The lowest BCUT2D eigenvalue weighted by Crippen LogP contribution is -2.54. The molecular weight excluding hydrogens is 545 g/mol. The van der Waals surface area contributed by atoms with Crippen LogP contribution in [0.15, 0.2) is 54.1 Å². The van der Waals surface area contributed by atoms with Crippen LogP contribution in [-0.4, -0.2) is 29.0 Å². The van der Waals surface area contributed by atoms with E-state index in [2.05, 4.69) is 51.5 Å². The number of hydrogen-bond donors (Lipinski definition) is 1. The third-order valence-corrected chi connectivity index (χ3v) is 6.87. The largest absolute Gasteiger partial charge is 0.494 e. The van der Waals surface area contributed by atoms with E-state index in [1.54, 1.807) is 30.3 Å². The van der Waals surface area contributed by atoms with Crippen molar-refractivity contribution in [2.45, 2.75) is 27.7 Å². The van der Waals surface area contributed by atoms with Crippen LogP contribution in [0.2, 0.25) is 0 Å². The van der Waals surface area contributed by atoms with E-state index in [9.17, 15) is 14.4 Å². The topological polar surface area (TPSA) is 80.6 Å². The van der Waals surface area contributed by atoms with Crippen molar-refractivity contribution < 1.29 is 19.1 Å². The van der Waals surface area contributed by atoms with E-state index in [0.29, 0.717) is 18.0 Å². The summed E-state index contributed by atoms with van der Waals surface area (Å²) in [5.41, 5.74) is 4.95. The fourth-order valence-electron chi connectivity index (χ4n) is 4.03. The number of benzene rings is 2. The number of amides is 4. The highest BCUT2D eigenvalue weighted by Crippen LogP contribution is 2.28. The normalized spacial score (nSPS) is 15.1. The predicted octanol–water partition coefficient (Wildman–Crippen LogP) is 5.07. The van der Waals surface area contributed by atoms with Gasteiger partial charge in [0.05, 0.1) is 12.3 Å². The Morgan fingerprint density at radius 2 is 1.76 bits per heavy atom. The molecule has 1 fully saturated rings. The Balaban J connectivity index is 1.74. The Morgan fingerprint density at radius 3 is 2.47 bits per heavy atom. The van der Waals surface area contributed by atoms with Gasteiger partial charge in [-0.15, -0.1) is 0 Å². The summed E-state index contributed by atoms with van der Waals surface area (Å²) in [5, 5.41) is 2.28. The molecule has 1 aromatic heterocycles. The SMILES string of the molecule is CCOc1cccc(N2C(=O)NC(=O)/C(=C\c3cc(C)n(-c4ccc(I)c(C)c4)c3C)C2=O)c1. The van der Waals surface area contributed by atoms with Gasteiger partial charge in [0, 0.05) is 26.7 Å². The second kappa shape index (κ2) is 9.46. The Labute approximate surface area is 211 Å². The molecule has 0 saturated carbocycles. The van der Waals surface area contributed by atoms with Crippen molar-refractivity contribution >= 4 is 52.2 Å².